The topological polar surface area (TPSA) is 113 Å². The van der Waals surface area contributed by atoms with E-state index in [1.165, 1.54) is 4.68 Å². The summed E-state index contributed by atoms with van der Waals surface area (Å²) in [6.45, 7) is 2.74. The maximum absolute atomic E-state index is 14.7. The predicted octanol–water partition coefficient (Wildman–Crippen LogP) is 6.66. The number of hydrogen-bond acceptors (Lipinski definition) is 7. The molecule has 0 aromatic carbocycles. The van der Waals surface area contributed by atoms with E-state index in [0.717, 1.165) is 62.7 Å². The fourth-order valence-electron chi connectivity index (χ4n) is 5.98. The smallest absolute Gasteiger partial charge is 0.359 e. The van der Waals surface area contributed by atoms with E-state index in [-0.39, 0.29) is 16.9 Å². The van der Waals surface area contributed by atoms with Crippen LogP contribution >= 0.6 is 23.2 Å². The molecule has 3 heterocycles. The van der Waals surface area contributed by atoms with Crippen LogP contribution < -0.4 is 4.74 Å². The van der Waals surface area contributed by atoms with Gasteiger partial charge in [-0.1, -0.05) is 28.4 Å². The molecule has 2 bridgehead atoms. The van der Waals surface area contributed by atoms with Crippen molar-refractivity contribution in [2.24, 2.45) is 5.41 Å². The van der Waals surface area contributed by atoms with E-state index in [1.54, 1.807) is 19.3 Å². The number of carboxylic acid groups (broad SMARTS) is 1. The number of hydrogen-bond donors (Lipinski definition) is 1. The van der Waals surface area contributed by atoms with Crippen LogP contribution in [-0.2, 0) is 17.9 Å². The van der Waals surface area contributed by atoms with Gasteiger partial charge in [-0.3, -0.25) is 4.98 Å². The molecule has 39 heavy (non-hydrogen) atoms. The minimum absolute atomic E-state index is 0.107. The number of aromatic carboxylic acids is 1. The van der Waals surface area contributed by atoms with Gasteiger partial charge < -0.3 is 19.1 Å². The summed E-state index contributed by atoms with van der Waals surface area (Å²) in [4.78, 5) is 15.4. The highest BCUT2D eigenvalue weighted by Gasteiger charge is 2.50. The SMILES string of the molecule is CCn1nc(C(=O)O)c(F)c1OCC12CCC(OCc3c(-c4c(Cl)cncc4Cl)noc3C3CC3)(CC1)CC2. The van der Waals surface area contributed by atoms with Crippen LogP contribution in [0.4, 0.5) is 4.39 Å². The lowest BCUT2D eigenvalue weighted by atomic mass is 9.59. The summed E-state index contributed by atoms with van der Waals surface area (Å²) in [7, 11) is 0. The molecule has 1 N–H and O–H groups in total. The van der Waals surface area contributed by atoms with Crippen LogP contribution in [0.2, 0.25) is 10.0 Å². The molecule has 0 amide bonds. The number of carboxylic acids is 1. The van der Waals surface area contributed by atoms with E-state index in [1.807, 2.05) is 0 Å². The normalized spacial score (nSPS) is 24.3. The van der Waals surface area contributed by atoms with Gasteiger partial charge in [0, 0.05) is 41.4 Å². The summed E-state index contributed by atoms with van der Waals surface area (Å²) in [5.41, 5.74) is 1.12. The van der Waals surface area contributed by atoms with Crippen LogP contribution in [0.3, 0.4) is 0 Å². The molecule has 4 aliphatic rings. The lowest BCUT2D eigenvalue weighted by molar-refractivity contribution is -0.150. The van der Waals surface area contributed by atoms with Gasteiger partial charge in [0.2, 0.25) is 17.4 Å². The second-order valence-corrected chi connectivity index (χ2v) is 11.8. The van der Waals surface area contributed by atoms with Gasteiger partial charge in [0.15, 0.2) is 0 Å². The van der Waals surface area contributed by atoms with Crippen LogP contribution in [0.25, 0.3) is 11.3 Å². The molecule has 4 aliphatic carbocycles. The van der Waals surface area contributed by atoms with Crippen LogP contribution in [0.15, 0.2) is 16.9 Å². The van der Waals surface area contributed by atoms with Gasteiger partial charge in [-0.2, -0.15) is 9.49 Å². The van der Waals surface area contributed by atoms with Crippen LogP contribution in [0.1, 0.15) is 86.0 Å². The number of fused-ring (bicyclic) bond motifs is 3. The van der Waals surface area contributed by atoms with Crippen molar-refractivity contribution in [2.45, 2.75) is 83.0 Å². The van der Waals surface area contributed by atoms with Crippen molar-refractivity contribution in [2.75, 3.05) is 6.61 Å². The number of halogens is 3. The number of carbonyl (C=O) groups is 1. The van der Waals surface area contributed by atoms with E-state index in [4.69, 9.17) is 37.2 Å². The highest BCUT2D eigenvalue weighted by molar-refractivity contribution is 6.38. The Bertz CT molecular complexity index is 1370. The second kappa shape index (κ2) is 10.1. The molecule has 208 valence electrons. The maximum atomic E-state index is 14.7. The van der Waals surface area contributed by atoms with Gasteiger partial charge in [-0.05, 0) is 58.3 Å². The molecule has 0 spiro atoms. The lowest BCUT2D eigenvalue weighted by Crippen LogP contribution is -2.49. The molecule has 12 heteroatoms. The van der Waals surface area contributed by atoms with Crippen molar-refractivity contribution in [3.8, 4) is 17.1 Å². The monoisotopic (exact) mass is 578 g/mol. The summed E-state index contributed by atoms with van der Waals surface area (Å²) in [6.07, 6.45) is 10.4. The average Bonchev–Trinajstić information content (AvgIpc) is 3.61. The number of aromatic nitrogens is 4. The Kier molecular flexibility index (Phi) is 6.84. The zero-order valence-corrected chi connectivity index (χ0v) is 23.0. The fourth-order valence-corrected chi connectivity index (χ4v) is 6.53. The van der Waals surface area contributed by atoms with E-state index >= 15 is 0 Å². The van der Waals surface area contributed by atoms with Crippen molar-refractivity contribution < 1.29 is 28.3 Å². The predicted molar refractivity (Wildman–Crippen MR) is 140 cm³/mol. The zero-order valence-electron chi connectivity index (χ0n) is 21.5. The molecule has 0 saturated heterocycles. The first-order chi connectivity index (χ1) is 18.7. The molecule has 0 radical (unpaired) electrons. The highest BCUT2D eigenvalue weighted by atomic mass is 35.5. The first-order valence-corrected chi connectivity index (χ1v) is 14.0. The van der Waals surface area contributed by atoms with Crippen LogP contribution in [-0.4, -0.2) is 43.2 Å². The zero-order chi connectivity index (χ0) is 27.4. The highest BCUT2D eigenvalue weighted by Crippen LogP contribution is 2.55. The number of aryl methyl sites for hydroxylation is 1. The molecule has 3 aromatic heterocycles. The van der Waals surface area contributed by atoms with Crippen molar-refractivity contribution >= 4 is 29.2 Å². The Morgan fingerprint density at radius 3 is 2.44 bits per heavy atom. The minimum atomic E-state index is -1.41. The molecule has 4 saturated carbocycles. The van der Waals surface area contributed by atoms with E-state index < -0.39 is 17.5 Å². The average molecular weight is 579 g/mol. The molecule has 0 unspecified atom stereocenters. The number of nitrogens with zero attached hydrogens (tertiary/aromatic N) is 4. The molecule has 0 atom stereocenters. The van der Waals surface area contributed by atoms with Gasteiger partial charge >= 0.3 is 5.97 Å². The largest absolute Gasteiger partial charge is 0.476 e. The van der Waals surface area contributed by atoms with Crippen molar-refractivity contribution in [3.05, 3.63) is 45.3 Å². The molecule has 9 nitrogen and oxygen atoms in total. The summed E-state index contributed by atoms with van der Waals surface area (Å²) in [6, 6.07) is 0. The van der Waals surface area contributed by atoms with Gasteiger partial charge in [0.05, 0.1) is 28.9 Å². The first kappa shape index (κ1) is 26.5. The molecule has 4 fully saturated rings. The van der Waals surface area contributed by atoms with Gasteiger partial charge in [0.25, 0.3) is 0 Å². The number of pyridine rings is 1. The standard InChI is InChI=1S/C27H29Cl2FN4O5/c1-2-34-24(20(30)22(32-34)25(35)36)37-14-26-5-8-27(9-6-26,10-7-26)38-13-16-21(33-39-23(16)15-3-4-15)19-17(28)11-31-12-18(19)29/h11-12,15H,2-10,13-14H2,1H3,(H,35,36). The summed E-state index contributed by atoms with van der Waals surface area (Å²) in [5, 5.41) is 18.2. The van der Waals surface area contributed by atoms with Crippen molar-refractivity contribution in [1.29, 1.82) is 0 Å². The lowest BCUT2D eigenvalue weighted by Gasteiger charge is -2.52. The Balaban J connectivity index is 1.15. The van der Waals surface area contributed by atoms with Gasteiger partial charge in [-0.15, -0.1) is 0 Å². The van der Waals surface area contributed by atoms with Crippen molar-refractivity contribution in [3.63, 3.8) is 0 Å². The Morgan fingerprint density at radius 2 is 1.85 bits per heavy atom. The van der Waals surface area contributed by atoms with E-state index in [2.05, 4.69) is 15.2 Å². The fraction of sp³-hybridized carbons (Fsp3) is 0.556. The molecule has 3 aromatic rings. The Morgan fingerprint density at radius 1 is 1.18 bits per heavy atom. The van der Waals surface area contributed by atoms with Crippen LogP contribution in [0, 0.1) is 11.2 Å². The van der Waals surface area contributed by atoms with E-state index in [0.29, 0.717) is 47.0 Å². The molecule has 7 rings (SSSR count). The first-order valence-electron chi connectivity index (χ1n) is 13.3. The van der Waals surface area contributed by atoms with E-state index in [9.17, 15) is 14.3 Å². The Hall–Kier alpha value is -2.69. The van der Waals surface area contributed by atoms with Gasteiger partial charge in [0.1, 0.15) is 11.5 Å². The maximum Gasteiger partial charge on any atom is 0.359 e. The third-order valence-corrected chi connectivity index (χ3v) is 9.15. The third kappa shape index (κ3) is 4.80. The number of rotatable bonds is 10. The minimum Gasteiger partial charge on any atom is -0.476 e. The molecular formula is C27H29Cl2FN4O5. The summed E-state index contributed by atoms with van der Waals surface area (Å²) in [5.74, 6) is -1.26. The third-order valence-electron chi connectivity index (χ3n) is 8.58. The number of ether oxygens (including phenoxy) is 2. The van der Waals surface area contributed by atoms with Crippen molar-refractivity contribution in [1.82, 2.24) is 19.9 Å². The summed E-state index contributed by atoms with van der Waals surface area (Å²) >= 11 is 12.9. The van der Waals surface area contributed by atoms with Gasteiger partial charge in [-0.25, -0.2) is 9.48 Å². The molecular weight excluding hydrogens is 550 g/mol. The molecule has 0 aliphatic heterocycles. The summed E-state index contributed by atoms with van der Waals surface area (Å²) < 4.78 is 34.3. The second-order valence-electron chi connectivity index (χ2n) is 11.0. The Labute approximate surface area is 234 Å². The van der Waals surface area contributed by atoms with Crippen LogP contribution in [0.5, 0.6) is 5.88 Å². The quantitative estimate of drug-likeness (QED) is 0.284.